The number of hydrogen-bond acceptors (Lipinski definition) is 5. The van der Waals surface area contributed by atoms with E-state index in [9.17, 15) is 19.7 Å². The highest BCUT2D eigenvalue weighted by atomic mass is 16.6. The van der Waals surface area contributed by atoms with E-state index in [0.717, 1.165) is 0 Å². The van der Waals surface area contributed by atoms with E-state index >= 15 is 0 Å². The third kappa shape index (κ3) is 3.22. The van der Waals surface area contributed by atoms with Crippen molar-refractivity contribution >= 4 is 23.2 Å². The summed E-state index contributed by atoms with van der Waals surface area (Å²) in [4.78, 5) is 33.5. The molecule has 0 aliphatic heterocycles. The Kier molecular flexibility index (Phi) is 4.63. The zero-order valence-electron chi connectivity index (χ0n) is 11.1. The lowest BCUT2D eigenvalue weighted by Crippen LogP contribution is -2.47. The Morgan fingerprint density at radius 1 is 1.35 bits per heavy atom. The minimum Gasteiger partial charge on any atom is -0.393 e. The number of nitrogens with zero attached hydrogens (tertiary/aromatic N) is 1. The summed E-state index contributed by atoms with van der Waals surface area (Å²) in [6.07, 6.45) is 0. The minimum absolute atomic E-state index is 0.122. The van der Waals surface area contributed by atoms with Crippen LogP contribution in [0.3, 0.4) is 0 Å². The van der Waals surface area contributed by atoms with Crippen LogP contribution in [0, 0.1) is 16.0 Å². The van der Waals surface area contributed by atoms with Crippen LogP contribution in [0.2, 0.25) is 0 Å². The molecule has 1 aromatic rings. The average Bonchev–Trinajstić information content (AvgIpc) is 2.33. The number of benzene rings is 1. The fourth-order valence-corrected chi connectivity index (χ4v) is 1.73. The standard InChI is InChI=1S/C12H16N4O4/c1-6(2)9(11(14)17)15-12(18)7-4-3-5-8(13)10(7)16(19)20/h3-6,9H,13H2,1-2H3,(H2,14,17)(H,15,18). The van der Waals surface area contributed by atoms with Gasteiger partial charge in [0.1, 0.15) is 17.3 Å². The van der Waals surface area contributed by atoms with Crippen LogP contribution in [0.25, 0.3) is 0 Å². The first-order chi connectivity index (χ1) is 9.25. The van der Waals surface area contributed by atoms with Gasteiger partial charge in [0, 0.05) is 0 Å². The molecule has 0 saturated heterocycles. The van der Waals surface area contributed by atoms with Crippen molar-refractivity contribution in [2.75, 3.05) is 5.73 Å². The van der Waals surface area contributed by atoms with Crippen molar-refractivity contribution in [2.24, 2.45) is 11.7 Å². The van der Waals surface area contributed by atoms with Gasteiger partial charge in [-0.05, 0) is 18.1 Å². The van der Waals surface area contributed by atoms with E-state index in [0.29, 0.717) is 0 Å². The zero-order valence-corrected chi connectivity index (χ0v) is 11.1. The van der Waals surface area contributed by atoms with E-state index in [4.69, 9.17) is 11.5 Å². The van der Waals surface area contributed by atoms with Gasteiger partial charge in [-0.15, -0.1) is 0 Å². The first-order valence-electron chi connectivity index (χ1n) is 5.88. The highest BCUT2D eigenvalue weighted by Gasteiger charge is 2.27. The van der Waals surface area contributed by atoms with Gasteiger partial charge in [0.15, 0.2) is 0 Å². The highest BCUT2D eigenvalue weighted by molar-refractivity contribution is 6.02. The molecular formula is C12H16N4O4. The molecule has 1 aromatic carbocycles. The van der Waals surface area contributed by atoms with Crippen LogP contribution < -0.4 is 16.8 Å². The molecule has 0 heterocycles. The Morgan fingerprint density at radius 2 is 1.95 bits per heavy atom. The highest BCUT2D eigenvalue weighted by Crippen LogP contribution is 2.25. The molecule has 8 heteroatoms. The molecule has 0 aromatic heterocycles. The van der Waals surface area contributed by atoms with E-state index < -0.39 is 28.5 Å². The SMILES string of the molecule is CC(C)C(NC(=O)c1cccc(N)c1[N+](=O)[O-])C(N)=O. The number of nitro benzene ring substituents is 1. The Balaban J connectivity index is 3.13. The predicted molar refractivity (Wildman–Crippen MR) is 72.8 cm³/mol. The summed E-state index contributed by atoms with van der Waals surface area (Å²) < 4.78 is 0. The van der Waals surface area contributed by atoms with Gasteiger partial charge in [0.2, 0.25) is 5.91 Å². The van der Waals surface area contributed by atoms with Crippen molar-refractivity contribution in [2.45, 2.75) is 19.9 Å². The molecule has 0 bridgehead atoms. The summed E-state index contributed by atoms with van der Waals surface area (Å²) in [5.74, 6) is -1.71. The van der Waals surface area contributed by atoms with Gasteiger partial charge >= 0.3 is 5.69 Å². The number of hydrogen-bond donors (Lipinski definition) is 3. The number of nitro groups is 1. The Bertz CT molecular complexity index is 556. The number of carbonyl (C=O) groups excluding carboxylic acids is 2. The summed E-state index contributed by atoms with van der Waals surface area (Å²) in [7, 11) is 0. The van der Waals surface area contributed by atoms with E-state index in [1.807, 2.05) is 0 Å². The van der Waals surface area contributed by atoms with Gasteiger partial charge in [-0.2, -0.15) is 0 Å². The van der Waals surface area contributed by atoms with Crippen LogP contribution in [0.15, 0.2) is 18.2 Å². The van der Waals surface area contributed by atoms with Crippen molar-refractivity contribution in [1.82, 2.24) is 5.32 Å². The molecule has 8 nitrogen and oxygen atoms in total. The second-order valence-corrected chi connectivity index (χ2v) is 4.60. The second-order valence-electron chi connectivity index (χ2n) is 4.60. The summed E-state index contributed by atoms with van der Waals surface area (Å²) in [6, 6.07) is 3.10. The van der Waals surface area contributed by atoms with Crippen molar-refractivity contribution < 1.29 is 14.5 Å². The lowest BCUT2D eigenvalue weighted by atomic mass is 10.0. The number of carbonyl (C=O) groups is 2. The summed E-state index contributed by atoms with van der Waals surface area (Å²) in [6.45, 7) is 3.40. The molecule has 108 valence electrons. The third-order valence-electron chi connectivity index (χ3n) is 2.75. The molecule has 0 spiro atoms. The number of primary amides is 1. The Hall–Kier alpha value is -2.64. The normalized spacial score (nSPS) is 11.9. The maximum Gasteiger partial charge on any atom is 0.304 e. The summed E-state index contributed by atoms with van der Waals surface area (Å²) in [5.41, 5.74) is 9.86. The van der Waals surface area contributed by atoms with Gasteiger partial charge in [0.05, 0.1) is 4.92 Å². The average molecular weight is 280 g/mol. The fourth-order valence-electron chi connectivity index (χ4n) is 1.73. The number of nitrogen functional groups attached to an aromatic ring is 1. The van der Waals surface area contributed by atoms with E-state index in [-0.39, 0.29) is 17.2 Å². The Morgan fingerprint density at radius 3 is 2.40 bits per heavy atom. The van der Waals surface area contributed by atoms with Gasteiger partial charge in [0.25, 0.3) is 5.91 Å². The topological polar surface area (TPSA) is 141 Å². The van der Waals surface area contributed by atoms with Crippen LogP contribution in [0.4, 0.5) is 11.4 Å². The summed E-state index contributed by atoms with van der Waals surface area (Å²) in [5, 5.41) is 13.3. The number of amides is 2. The molecule has 0 radical (unpaired) electrons. The first-order valence-corrected chi connectivity index (χ1v) is 5.88. The number of rotatable bonds is 5. The quantitative estimate of drug-likeness (QED) is 0.407. The number of para-hydroxylation sites is 1. The van der Waals surface area contributed by atoms with E-state index in [2.05, 4.69) is 5.32 Å². The molecule has 0 saturated carbocycles. The predicted octanol–water partition coefficient (Wildman–Crippen LogP) is 0.417. The zero-order chi connectivity index (χ0) is 15.4. The molecule has 2 amide bonds. The van der Waals surface area contributed by atoms with Gasteiger partial charge in [-0.3, -0.25) is 19.7 Å². The third-order valence-corrected chi connectivity index (χ3v) is 2.75. The van der Waals surface area contributed by atoms with Crippen LogP contribution in [-0.4, -0.2) is 22.8 Å². The van der Waals surface area contributed by atoms with Gasteiger partial charge in [-0.1, -0.05) is 19.9 Å². The largest absolute Gasteiger partial charge is 0.393 e. The smallest absolute Gasteiger partial charge is 0.304 e. The maximum absolute atomic E-state index is 12.1. The number of nitrogens with two attached hydrogens (primary N) is 2. The fraction of sp³-hybridized carbons (Fsp3) is 0.333. The molecule has 0 aliphatic carbocycles. The molecule has 5 N–H and O–H groups in total. The molecule has 1 rings (SSSR count). The molecule has 1 unspecified atom stereocenters. The lowest BCUT2D eigenvalue weighted by molar-refractivity contribution is -0.384. The summed E-state index contributed by atoms with van der Waals surface area (Å²) >= 11 is 0. The molecule has 20 heavy (non-hydrogen) atoms. The van der Waals surface area contributed by atoms with Crippen molar-refractivity contribution in [1.29, 1.82) is 0 Å². The van der Waals surface area contributed by atoms with Crippen LogP contribution in [0.5, 0.6) is 0 Å². The molecule has 1 atom stereocenters. The first kappa shape index (κ1) is 15.4. The van der Waals surface area contributed by atoms with Gasteiger partial charge < -0.3 is 16.8 Å². The van der Waals surface area contributed by atoms with E-state index in [1.54, 1.807) is 13.8 Å². The van der Waals surface area contributed by atoms with Crippen LogP contribution in [-0.2, 0) is 4.79 Å². The van der Waals surface area contributed by atoms with Crippen molar-refractivity contribution in [3.63, 3.8) is 0 Å². The molecule has 0 fully saturated rings. The number of nitrogens with one attached hydrogen (secondary N) is 1. The second kappa shape index (κ2) is 6.00. The maximum atomic E-state index is 12.1. The number of anilines is 1. The van der Waals surface area contributed by atoms with Gasteiger partial charge in [-0.25, -0.2) is 0 Å². The molecule has 0 aliphatic rings. The van der Waals surface area contributed by atoms with Crippen LogP contribution in [0.1, 0.15) is 24.2 Å². The Labute approximate surface area is 115 Å². The van der Waals surface area contributed by atoms with E-state index in [1.165, 1.54) is 18.2 Å². The lowest BCUT2D eigenvalue weighted by Gasteiger charge is -2.18. The van der Waals surface area contributed by atoms with Crippen LogP contribution >= 0.6 is 0 Å². The molecular weight excluding hydrogens is 264 g/mol. The van der Waals surface area contributed by atoms with Crippen molar-refractivity contribution in [3.05, 3.63) is 33.9 Å². The minimum atomic E-state index is -0.913. The monoisotopic (exact) mass is 280 g/mol. The van der Waals surface area contributed by atoms with Crippen molar-refractivity contribution in [3.8, 4) is 0 Å².